The van der Waals surface area contributed by atoms with Crippen molar-refractivity contribution in [3.63, 3.8) is 0 Å². The third-order valence-electron chi connectivity index (χ3n) is 5.67. The lowest BCUT2D eigenvalue weighted by molar-refractivity contribution is 1.17. The van der Waals surface area contributed by atoms with Crippen LogP contribution in [0.2, 0.25) is 5.02 Å². The highest BCUT2D eigenvalue weighted by Crippen LogP contribution is 2.40. The quantitative estimate of drug-likeness (QED) is 0.295. The van der Waals surface area contributed by atoms with E-state index in [4.69, 9.17) is 11.6 Å². The number of rotatable bonds is 1. The van der Waals surface area contributed by atoms with Crippen molar-refractivity contribution in [1.82, 2.24) is 4.57 Å². The van der Waals surface area contributed by atoms with Gasteiger partial charge in [-0.3, -0.25) is 0 Å². The van der Waals surface area contributed by atoms with E-state index in [1.165, 1.54) is 49.7 Å². The first-order valence-corrected chi connectivity index (χ1v) is 9.58. The topological polar surface area (TPSA) is 4.93 Å². The second-order valence-electron chi connectivity index (χ2n) is 7.19. The second kappa shape index (κ2) is 5.48. The minimum absolute atomic E-state index is 0.809. The Bertz CT molecular complexity index is 1310. The molecule has 1 heterocycles. The van der Waals surface area contributed by atoms with Gasteiger partial charge in [-0.05, 0) is 65.1 Å². The largest absolute Gasteiger partial charge is 0.309 e. The fourth-order valence-corrected chi connectivity index (χ4v) is 4.68. The van der Waals surface area contributed by atoms with E-state index in [1.54, 1.807) is 0 Å². The number of aromatic nitrogens is 1. The third kappa shape index (κ3) is 2.12. The third-order valence-corrected chi connectivity index (χ3v) is 5.91. The number of hydrogen-bond acceptors (Lipinski definition) is 0. The zero-order chi connectivity index (χ0) is 18.0. The summed E-state index contributed by atoms with van der Waals surface area (Å²) >= 11 is 6.21. The molecule has 128 valence electrons. The van der Waals surface area contributed by atoms with Gasteiger partial charge in [0, 0.05) is 21.5 Å². The normalized spacial score (nSPS) is 12.5. The van der Waals surface area contributed by atoms with Crippen LogP contribution in [-0.2, 0) is 6.42 Å². The Morgan fingerprint density at radius 1 is 0.630 bits per heavy atom. The standard InChI is InChI=1S/C25H16ClN/c26-18-10-12-20-17(14-18)13-16-9-11-19(15-23(16)20)27-24-7-3-1-5-21(24)22-6-2-4-8-25(22)27/h1-12,14-15H,13H2. The molecule has 1 aliphatic rings. The summed E-state index contributed by atoms with van der Waals surface area (Å²) in [7, 11) is 0. The highest BCUT2D eigenvalue weighted by molar-refractivity contribution is 6.30. The molecule has 0 bridgehead atoms. The van der Waals surface area contributed by atoms with E-state index in [-0.39, 0.29) is 0 Å². The molecular weight excluding hydrogens is 350 g/mol. The van der Waals surface area contributed by atoms with Crippen molar-refractivity contribution >= 4 is 33.4 Å². The van der Waals surface area contributed by atoms with E-state index in [2.05, 4.69) is 83.4 Å². The molecule has 0 atom stereocenters. The van der Waals surface area contributed by atoms with Crippen LogP contribution >= 0.6 is 11.6 Å². The average molecular weight is 366 g/mol. The molecule has 0 unspecified atom stereocenters. The molecule has 1 aromatic heterocycles. The van der Waals surface area contributed by atoms with Gasteiger partial charge >= 0.3 is 0 Å². The Kier molecular flexibility index (Phi) is 3.06. The van der Waals surface area contributed by atoms with Crippen LogP contribution in [0.1, 0.15) is 11.1 Å². The molecule has 0 aliphatic heterocycles. The molecule has 1 aliphatic carbocycles. The number of halogens is 1. The zero-order valence-electron chi connectivity index (χ0n) is 14.6. The van der Waals surface area contributed by atoms with Crippen molar-refractivity contribution in [3.05, 3.63) is 101 Å². The Labute approximate surface area is 162 Å². The van der Waals surface area contributed by atoms with Crippen LogP contribution < -0.4 is 0 Å². The fraction of sp³-hybridized carbons (Fsp3) is 0.0400. The van der Waals surface area contributed by atoms with Crippen molar-refractivity contribution in [1.29, 1.82) is 0 Å². The van der Waals surface area contributed by atoms with Crippen molar-refractivity contribution in [2.45, 2.75) is 6.42 Å². The van der Waals surface area contributed by atoms with E-state index >= 15 is 0 Å². The van der Waals surface area contributed by atoms with E-state index < -0.39 is 0 Å². The van der Waals surface area contributed by atoms with Gasteiger partial charge in [0.05, 0.1) is 11.0 Å². The summed E-state index contributed by atoms with van der Waals surface area (Å²) in [5.74, 6) is 0. The maximum absolute atomic E-state index is 6.21. The van der Waals surface area contributed by atoms with E-state index in [9.17, 15) is 0 Å². The van der Waals surface area contributed by atoms with Gasteiger partial charge in [0.2, 0.25) is 0 Å². The summed E-state index contributed by atoms with van der Waals surface area (Å²) in [6, 6.07) is 30.3. The van der Waals surface area contributed by atoms with Crippen LogP contribution in [0.15, 0.2) is 84.9 Å². The molecule has 0 radical (unpaired) electrons. The smallest absolute Gasteiger partial charge is 0.0541 e. The number of nitrogens with zero attached hydrogens (tertiary/aromatic N) is 1. The number of hydrogen-bond donors (Lipinski definition) is 0. The van der Waals surface area contributed by atoms with E-state index in [0.29, 0.717) is 0 Å². The SMILES string of the molecule is Clc1ccc2c(c1)Cc1ccc(-n3c4ccccc4c4ccccc43)cc1-2. The first kappa shape index (κ1) is 15.1. The van der Waals surface area contributed by atoms with Crippen LogP contribution in [0, 0.1) is 0 Å². The molecule has 5 aromatic rings. The number of para-hydroxylation sites is 2. The van der Waals surface area contributed by atoms with E-state index in [1.807, 2.05) is 6.07 Å². The minimum atomic E-state index is 0.809. The predicted octanol–water partition coefficient (Wildman–Crippen LogP) is 7.01. The van der Waals surface area contributed by atoms with Crippen LogP contribution in [0.25, 0.3) is 38.6 Å². The molecule has 27 heavy (non-hydrogen) atoms. The number of benzene rings is 4. The highest BCUT2D eigenvalue weighted by atomic mass is 35.5. The lowest BCUT2D eigenvalue weighted by Gasteiger charge is -2.10. The second-order valence-corrected chi connectivity index (χ2v) is 7.63. The summed E-state index contributed by atoms with van der Waals surface area (Å²) in [5.41, 5.74) is 9.00. The van der Waals surface area contributed by atoms with Crippen LogP contribution in [-0.4, -0.2) is 4.57 Å². The van der Waals surface area contributed by atoms with Crippen LogP contribution in [0.5, 0.6) is 0 Å². The van der Waals surface area contributed by atoms with Gasteiger partial charge in [0.1, 0.15) is 0 Å². The summed E-state index contributed by atoms with van der Waals surface area (Å²) in [6.07, 6.45) is 0.957. The van der Waals surface area contributed by atoms with Gasteiger partial charge in [-0.25, -0.2) is 0 Å². The maximum atomic E-state index is 6.21. The monoisotopic (exact) mass is 365 g/mol. The highest BCUT2D eigenvalue weighted by Gasteiger charge is 2.20. The Morgan fingerprint density at radius 3 is 2.07 bits per heavy atom. The van der Waals surface area contributed by atoms with Gasteiger partial charge < -0.3 is 4.57 Å². The molecule has 1 nitrogen and oxygen atoms in total. The Balaban J connectivity index is 1.65. The summed E-state index contributed by atoms with van der Waals surface area (Å²) in [4.78, 5) is 0. The van der Waals surface area contributed by atoms with E-state index in [0.717, 1.165) is 11.4 Å². The van der Waals surface area contributed by atoms with Crippen molar-refractivity contribution in [3.8, 4) is 16.8 Å². The molecule has 4 aromatic carbocycles. The van der Waals surface area contributed by atoms with Gasteiger partial charge in [-0.15, -0.1) is 0 Å². The first-order chi connectivity index (χ1) is 13.3. The zero-order valence-corrected chi connectivity index (χ0v) is 15.4. The maximum Gasteiger partial charge on any atom is 0.0541 e. The molecule has 0 N–H and O–H groups in total. The van der Waals surface area contributed by atoms with Gasteiger partial charge in [-0.2, -0.15) is 0 Å². The average Bonchev–Trinajstić information content (AvgIpc) is 3.22. The van der Waals surface area contributed by atoms with Gasteiger partial charge in [0.25, 0.3) is 0 Å². The Morgan fingerprint density at radius 2 is 1.33 bits per heavy atom. The Hall–Kier alpha value is -3.03. The molecule has 0 amide bonds. The van der Waals surface area contributed by atoms with Crippen LogP contribution in [0.4, 0.5) is 0 Å². The molecule has 2 heteroatoms. The van der Waals surface area contributed by atoms with Crippen molar-refractivity contribution in [2.75, 3.05) is 0 Å². The lowest BCUT2D eigenvalue weighted by Crippen LogP contribution is -1.94. The predicted molar refractivity (Wildman–Crippen MR) is 114 cm³/mol. The molecule has 0 saturated carbocycles. The van der Waals surface area contributed by atoms with Gasteiger partial charge in [0.15, 0.2) is 0 Å². The summed E-state index contributed by atoms with van der Waals surface area (Å²) in [6.45, 7) is 0. The molecule has 0 saturated heterocycles. The molecule has 0 spiro atoms. The lowest BCUT2D eigenvalue weighted by atomic mass is 10.1. The van der Waals surface area contributed by atoms with Crippen molar-refractivity contribution in [2.24, 2.45) is 0 Å². The van der Waals surface area contributed by atoms with Gasteiger partial charge in [-0.1, -0.05) is 60.1 Å². The molecular formula is C25H16ClN. The summed E-state index contributed by atoms with van der Waals surface area (Å²) in [5, 5.41) is 3.39. The summed E-state index contributed by atoms with van der Waals surface area (Å²) < 4.78 is 2.37. The molecule has 6 rings (SSSR count). The first-order valence-electron chi connectivity index (χ1n) is 9.20. The minimum Gasteiger partial charge on any atom is -0.309 e. The van der Waals surface area contributed by atoms with Crippen molar-refractivity contribution < 1.29 is 0 Å². The van der Waals surface area contributed by atoms with Crippen LogP contribution in [0.3, 0.4) is 0 Å². The number of fused-ring (bicyclic) bond motifs is 6. The fourth-order valence-electron chi connectivity index (χ4n) is 4.49. The molecule has 0 fully saturated rings.